The van der Waals surface area contributed by atoms with Gasteiger partial charge in [0.1, 0.15) is 0 Å². The molecule has 0 spiro atoms. The molecule has 0 aromatic heterocycles. The monoisotopic (exact) mass is 661 g/mol. The van der Waals surface area contributed by atoms with E-state index in [2.05, 4.69) is 200 Å². The molecule has 0 heterocycles. The molecule has 0 unspecified atom stereocenters. The summed E-state index contributed by atoms with van der Waals surface area (Å²) in [6.45, 7) is 19.4. The van der Waals surface area contributed by atoms with Gasteiger partial charge in [-0.1, -0.05) is 152 Å². The molecule has 1 heteroatoms. The molecule has 0 saturated carbocycles. The van der Waals surface area contributed by atoms with Crippen molar-refractivity contribution in [1.82, 2.24) is 0 Å². The maximum atomic E-state index is 2.54. The predicted molar refractivity (Wildman–Crippen MR) is 219 cm³/mol. The first kappa shape index (κ1) is 31.8. The van der Waals surface area contributed by atoms with Crippen LogP contribution in [0.2, 0.25) is 0 Å². The molecule has 9 rings (SSSR count). The lowest BCUT2D eigenvalue weighted by atomic mass is 9.55. The summed E-state index contributed by atoms with van der Waals surface area (Å²) in [5.74, 6) is 0. The van der Waals surface area contributed by atoms with Gasteiger partial charge in [0.15, 0.2) is 0 Å². The van der Waals surface area contributed by atoms with Gasteiger partial charge >= 0.3 is 0 Å². The maximum Gasteiger partial charge on any atom is 0.0546 e. The Morgan fingerprint density at radius 2 is 0.843 bits per heavy atom. The fourth-order valence-corrected chi connectivity index (χ4v) is 9.35. The average Bonchev–Trinajstić information content (AvgIpc) is 3.14. The Kier molecular flexibility index (Phi) is 6.67. The van der Waals surface area contributed by atoms with E-state index in [1.807, 2.05) is 0 Å². The minimum atomic E-state index is -0.0970. The Bertz CT molecular complexity index is 2530. The van der Waals surface area contributed by atoms with E-state index in [0.717, 1.165) is 5.69 Å². The van der Waals surface area contributed by atoms with Crippen LogP contribution in [0.15, 0.2) is 140 Å². The van der Waals surface area contributed by atoms with Crippen LogP contribution in [0, 0.1) is 0 Å². The second-order valence-corrected chi connectivity index (χ2v) is 17.1. The van der Waals surface area contributed by atoms with Crippen LogP contribution in [0.4, 0.5) is 17.1 Å². The van der Waals surface area contributed by atoms with Crippen molar-refractivity contribution in [2.24, 2.45) is 0 Å². The van der Waals surface area contributed by atoms with Gasteiger partial charge in [0.25, 0.3) is 0 Å². The highest BCUT2D eigenvalue weighted by atomic mass is 15.1. The quantitative estimate of drug-likeness (QED) is 0.170. The zero-order valence-electron chi connectivity index (χ0n) is 31.2. The zero-order chi connectivity index (χ0) is 35.5. The lowest BCUT2D eigenvalue weighted by Crippen LogP contribution is -2.43. The molecule has 252 valence electrons. The molecule has 0 bridgehead atoms. The first-order chi connectivity index (χ1) is 24.3. The molecule has 7 aromatic rings. The van der Waals surface area contributed by atoms with Crippen molar-refractivity contribution in [3.63, 3.8) is 0 Å². The molecular formula is C50H47N. The van der Waals surface area contributed by atoms with Gasteiger partial charge < -0.3 is 4.90 Å². The number of hydrogen-bond donors (Lipinski definition) is 0. The molecular weight excluding hydrogens is 615 g/mol. The first-order valence-corrected chi connectivity index (χ1v) is 18.5. The summed E-state index contributed by atoms with van der Waals surface area (Å²) in [7, 11) is 0. The standard InChI is InChI=1S/C50H47N/c1-47(2)42-24-16-14-22-36(42)38-27-26-34(29-44(38)49(47,5)6)51(33-19-10-9-11-20-33)46-28-32-18-12-13-21-35(32)39-30-40-37-23-15-17-25-43(37)48(3,4)50(7,8)45(40)31-41(39)46/h9-31H,1-8H3. The second-order valence-electron chi connectivity index (χ2n) is 17.1. The van der Waals surface area contributed by atoms with Crippen LogP contribution in [0.5, 0.6) is 0 Å². The van der Waals surface area contributed by atoms with Crippen LogP contribution < -0.4 is 4.90 Å². The summed E-state index contributed by atoms with van der Waals surface area (Å²) in [5.41, 5.74) is 14.3. The summed E-state index contributed by atoms with van der Waals surface area (Å²) >= 11 is 0. The lowest BCUT2D eigenvalue weighted by Gasteiger charge is -2.49. The molecule has 2 aliphatic rings. The van der Waals surface area contributed by atoms with Crippen LogP contribution in [-0.4, -0.2) is 0 Å². The van der Waals surface area contributed by atoms with Crippen LogP contribution >= 0.6 is 0 Å². The predicted octanol–water partition coefficient (Wildman–Crippen LogP) is 13.9. The Morgan fingerprint density at radius 1 is 0.333 bits per heavy atom. The fourth-order valence-electron chi connectivity index (χ4n) is 9.35. The molecule has 51 heavy (non-hydrogen) atoms. The topological polar surface area (TPSA) is 3.24 Å². The van der Waals surface area contributed by atoms with E-state index in [1.165, 1.54) is 77.4 Å². The van der Waals surface area contributed by atoms with Gasteiger partial charge in [0.2, 0.25) is 0 Å². The highest BCUT2D eigenvalue weighted by Crippen LogP contribution is 2.57. The number of rotatable bonds is 3. The summed E-state index contributed by atoms with van der Waals surface area (Å²) < 4.78 is 0. The normalized spacial score (nSPS) is 17.3. The van der Waals surface area contributed by atoms with E-state index in [9.17, 15) is 0 Å². The third-order valence-electron chi connectivity index (χ3n) is 13.7. The fraction of sp³-hybridized carbons (Fsp3) is 0.240. The van der Waals surface area contributed by atoms with Gasteiger partial charge in [-0.2, -0.15) is 0 Å². The van der Waals surface area contributed by atoms with Crippen LogP contribution in [0.3, 0.4) is 0 Å². The van der Waals surface area contributed by atoms with E-state index in [0.29, 0.717) is 0 Å². The van der Waals surface area contributed by atoms with Crippen molar-refractivity contribution >= 4 is 38.6 Å². The third-order valence-corrected chi connectivity index (χ3v) is 13.7. The molecule has 0 N–H and O–H groups in total. The maximum absolute atomic E-state index is 2.54. The SMILES string of the molecule is CC1(C)c2ccccc2-c2ccc(N(c3ccccc3)c3cc4ccccc4c4cc5c(cc34)C(C)(C)C(C)(C)c3ccccc3-5)cc2C1(C)C. The van der Waals surface area contributed by atoms with Crippen LogP contribution in [0.25, 0.3) is 43.8 Å². The molecule has 0 amide bonds. The Balaban J connectivity index is 1.37. The Morgan fingerprint density at radius 3 is 1.51 bits per heavy atom. The minimum Gasteiger partial charge on any atom is -0.310 e. The Hall–Kier alpha value is -5.14. The second kappa shape index (κ2) is 10.7. The molecule has 0 atom stereocenters. The number of fused-ring (bicyclic) bond motifs is 9. The van der Waals surface area contributed by atoms with E-state index >= 15 is 0 Å². The number of nitrogens with zero attached hydrogens (tertiary/aromatic N) is 1. The van der Waals surface area contributed by atoms with Crippen LogP contribution in [0.1, 0.15) is 77.6 Å². The summed E-state index contributed by atoms with van der Waals surface area (Å²) in [5, 5.41) is 5.11. The van der Waals surface area contributed by atoms with Crippen LogP contribution in [-0.2, 0) is 21.7 Å². The number of para-hydroxylation sites is 1. The minimum absolute atomic E-state index is 0.0455. The molecule has 0 fully saturated rings. The van der Waals surface area contributed by atoms with E-state index in [-0.39, 0.29) is 21.7 Å². The van der Waals surface area contributed by atoms with Crippen molar-refractivity contribution in [1.29, 1.82) is 0 Å². The molecule has 1 nitrogen and oxygen atoms in total. The van der Waals surface area contributed by atoms with Gasteiger partial charge in [-0.25, -0.2) is 0 Å². The molecule has 0 radical (unpaired) electrons. The zero-order valence-corrected chi connectivity index (χ0v) is 31.2. The van der Waals surface area contributed by atoms with Crippen molar-refractivity contribution < 1.29 is 0 Å². The summed E-state index contributed by atoms with van der Waals surface area (Å²) in [4.78, 5) is 2.51. The van der Waals surface area contributed by atoms with Gasteiger partial charge in [-0.05, 0) is 125 Å². The third kappa shape index (κ3) is 4.27. The van der Waals surface area contributed by atoms with Crippen molar-refractivity contribution in [2.45, 2.75) is 77.0 Å². The number of benzene rings is 7. The summed E-state index contributed by atoms with van der Waals surface area (Å²) in [6, 6.07) is 52.7. The van der Waals surface area contributed by atoms with Gasteiger partial charge in [0, 0.05) is 16.8 Å². The Labute approximate surface area is 303 Å². The van der Waals surface area contributed by atoms with Crippen molar-refractivity contribution in [3.05, 3.63) is 162 Å². The highest BCUT2D eigenvalue weighted by molar-refractivity contribution is 6.16. The van der Waals surface area contributed by atoms with E-state index in [4.69, 9.17) is 0 Å². The largest absolute Gasteiger partial charge is 0.310 e. The van der Waals surface area contributed by atoms with Crippen molar-refractivity contribution in [3.8, 4) is 22.3 Å². The van der Waals surface area contributed by atoms with Gasteiger partial charge in [-0.15, -0.1) is 0 Å². The molecule has 0 saturated heterocycles. The van der Waals surface area contributed by atoms with Gasteiger partial charge in [0.05, 0.1) is 5.69 Å². The highest BCUT2D eigenvalue weighted by Gasteiger charge is 2.47. The lowest BCUT2D eigenvalue weighted by molar-refractivity contribution is 0.299. The number of hydrogen-bond acceptors (Lipinski definition) is 1. The molecule has 7 aromatic carbocycles. The van der Waals surface area contributed by atoms with E-state index in [1.54, 1.807) is 0 Å². The average molecular weight is 662 g/mol. The summed E-state index contributed by atoms with van der Waals surface area (Å²) in [6.07, 6.45) is 0. The number of anilines is 3. The van der Waals surface area contributed by atoms with Crippen molar-refractivity contribution in [2.75, 3.05) is 4.90 Å². The van der Waals surface area contributed by atoms with E-state index < -0.39 is 0 Å². The van der Waals surface area contributed by atoms with Gasteiger partial charge in [-0.3, -0.25) is 0 Å². The molecule has 2 aliphatic carbocycles. The molecule has 0 aliphatic heterocycles. The smallest absolute Gasteiger partial charge is 0.0546 e. The first-order valence-electron chi connectivity index (χ1n) is 18.5.